The molecule has 1 aromatic rings. The van der Waals surface area contributed by atoms with Crippen molar-refractivity contribution in [1.82, 2.24) is 4.90 Å². The molecule has 2 atom stereocenters. The molecule has 1 amide bonds. The van der Waals surface area contributed by atoms with E-state index in [0.717, 1.165) is 5.56 Å². The summed E-state index contributed by atoms with van der Waals surface area (Å²) in [6.45, 7) is 2.74. The Morgan fingerprint density at radius 2 is 2.19 bits per heavy atom. The molecule has 5 nitrogen and oxygen atoms in total. The summed E-state index contributed by atoms with van der Waals surface area (Å²) in [6, 6.07) is 7.30. The zero-order chi connectivity index (χ0) is 15.4. The first-order valence-corrected chi connectivity index (χ1v) is 7.23. The second-order valence-electron chi connectivity index (χ2n) is 5.17. The summed E-state index contributed by atoms with van der Waals surface area (Å²) in [5.74, 6) is -1.11. The zero-order valence-corrected chi connectivity index (χ0v) is 12.5. The molecular formula is C15H18ClNO4. The van der Waals surface area contributed by atoms with Gasteiger partial charge in [-0.25, -0.2) is 0 Å². The number of benzene rings is 1. The third kappa shape index (κ3) is 4.19. The lowest BCUT2D eigenvalue weighted by molar-refractivity contribution is -0.147. The molecule has 21 heavy (non-hydrogen) atoms. The monoisotopic (exact) mass is 311 g/mol. The number of carbonyl (C=O) groups is 2. The Labute approximate surface area is 128 Å². The number of halogens is 1. The first-order chi connectivity index (χ1) is 9.97. The minimum atomic E-state index is -0.962. The molecular weight excluding hydrogens is 294 g/mol. The van der Waals surface area contributed by atoms with E-state index in [9.17, 15) is 9.59 Å². The van der Waals surface area contributed by atoms with E-state index in [2.05, 4.69) is 0 Å². The summed E-state index contributed by atoms with van der Waals surface area (Å²) in [6.07, 6.45) is -0.360. The van der Waals surface area contributed by atoms with Crippen molar-refractivity contribution in [3.8, 4) is 0 Å². The average molecular weight is 312 g/mol. The highest BCUT2D eigenvalue weighted by Crippen LogP contribution is 2.27. The highest BCUT2D eigenvalue weighted by molar-refractivity contribution is 6.30. The van der Waals surface area contributed by atoms with Crippen molar-refractivity contribution < 1.29 is 19.4 Å². The Morgan fingerprint density at radius 1 is 1.43 bits per heavy atom. The predicted octanol–water partition coefficient (Wildman–Crippen LogP) is 2.49. The fourth-order valence-corrected chi connectivity index (χ4v) is 2.57. The van der Waals surface area contributed by atoms with Gasteiger partial charge in [0.1, 0.15) is 6.10 Å². The van der Waals surface area contributed by atoms with E-state index in [4.69, 9.17) is 21.4 Å². The van der Waals surface area contributed by atoms with Crippen LogP contribution >= 0.6 is 11.6 Å². The lowest BCUT2D eigenvalue weighted by Gasteiger charge is -2.38. The summed E-state index contributed by atoms with van der Waals surface area (Å²) >= 11 is 5.97. The number of rotatable bonds is 4. The van der Waals surface area contributed by atoms with Crippen LogP contribution in [0.4, 0.5) is 0 Å². The number of aliphatic carboxylic acids is 1. The number of amides is 1. The van der Waals surface area contributed by atoms with Gasteiger partial charge in [0, 0.05) is 11.4 Å². The molecule has 0 radical (unpaired) electrons. The van der Waals surface area contributed by atoms with Crippen molar-refractivity contribution in [2.45, 2.75) is 31.9 Å². The van der Waals surface area contributed by atoms with Gasteiger partial charge in [0.05, 0.1) is 25.6 Å². The van der Waals surface area contributed by atoms with Crippen LogP contribution in [-0.4, -0.2) is 41.1 Å². The quantitative estimate of drug-likeness (QED) is 0.927. The summed E-state index contributed by atoms with van der Waals surface area (Å²) in [4.78, 5) is 24.4. The van der Waals surface area contributed by atoms with Crippen LogP contribution in [0.25, 0.3) is 0 Å². The molecule has 1 aromatic carbocycles. The summed E-state index contributed by atoms with van der Waals surface area (Å²) < 4.78 is 5.77. The van der Waals surface area contributed by atoms with E-state index in [-0.39, 0.29) is 30.9 Å². The molecule has 0 spiro atoms. The summed E-state index contributed by atoms with van der Waals surface area (Å²) in [5.41, 5.74) is 0.922. The SMILES string of the molecule is CC1COC(c2cccc(Cl)c2)CN1C(=O)CCC(=O)O. The third-order valence-corrected chi connectivity index (χ3v) is 3.76. The molecule has 6 heteroatoms. The Morgan fingerprint density at radius 3 is 2.86 bits per heavy atom. The topological polar surface area (TPSA) is 66.8 Å². The molecule has 114 valence electrons. The smallest absolute Gasteiger partial charge is 0.303 e. The minimum absolute atomic E-state index is 0.0158. The first kappa shape index (κ1) is 15.8. The van der Waals surface area contributed by atoms with Gasteiger partial charge in [-0.1, -0.05) is 23.7 Å². The number of hydrogen-bond donors (Lipinski definition) is 1. The van der Waals surface area contributed by atoms with Gasteiger partial charge < -0.3 is 14.7 Å². The van der Waals surface area contributed by atoms with E-state index in [1.54, 1.807) is 11.0 Å². The molecule has 1 aliphatic heterocycles. The average Bonchev–Trinajstić information content (AvgIpc) is 2.45. The fraction of sp³-hybridized carbons (Fsp3) is 0.467. The second-order valence-corrected chi connectivity index (χ2v) is 5.60. The van der Waals surface area contributed by atoms with Crippen molar-refractivity contribution in [1.29, 1.82) is 0 Å². The van der Waals surface area contributed by atoms with Gasteiger partial charge in [0.2, 0.25) is 5.91 Å². The molecule has 0 saturated carbocycles. The lowest BCUT2D eigenvalue weighted by Crippen LogP contribution is -2.48. The second kappa shape index (κ2) is 6.91. The molecule has 1 N–H and O–H groups in total. The van der Waals surface area contributed by atoms with Crippen molar-refractivity contribution >= 4 is 23.5 Å². The molecule has 1 fully saturated rings. The molecule has 0 aliphatic carbocycles. The number of carboxylic acid groups (broad SMARTS) is 1. The molecule has 1 aliphatic rings. The fourth-order valence-electron chi connectivity index (χ4n) is 2.37. The molecule has 1 heterocycles. The number of carboxylic acids is 1. The number of morpholine rings is 1. The van der Waals surface area contributed by atoms with E-state index >= 15 is 0 Å². The van der Waals surface area contributed by atoms with Gasteiger partial charge in [-0.3, -0.25) is 9.59 Å². The van der Waals surface area contributed by atoms with Crippen LogP contribution in [-0.2, 0) is 14.3 Å². The van der Waals surface area contributed by atoms with Gasteiger partial charge in [-0.15, -0.1) is 0 Å². The van der Waals surface area contributed by atoms with Crippen molar-refractivity contribution in [2.75, 3.05) is 13.2 Å². The van der Waals surface area contributed by atoms with Crippen LogP contribution in [0, 0.1) is 0 Å². The Kier molecular flexibility index (Phi) is 5.20. The van der Waals surface area contributed by atoms with Crippen molar-refractivity contribution in [2.24, 2.45) is 0 Å². The summed E-state index contributed by atoms with van der Waals surface area (Å²) in [7, 11) is 0. The third-order valence-electron chi connectivity index (χ3n) is 3.53. The van der Waals surface area contributed by atoms with Crippen LogP contribution < -0.4 is 0 Å². The van der Waals surface area contributed by atoms with Gasteiger partial charge in [-0.05, 0) is 24.6 Å². The van der Waals surface area contributed by atoms with Crippen molar-refractivity contribution in [3.63, 3.8) is 0 Å². The van der Waals surface area contributed by atoms with E-state index in [0.29, 0.717) is 18.2 Å². The van der Waals surface area contributed by atoms with Gasteiger partial charge in [-0.2, -0.15) is 0 Å². The first-order valence-electron chi connectivity index (χ1n) is 6.85. The Hall–Kier alpha value is -1.59. The van der Waals surface area contributed by atoms with E-state index in [1.165, 1.54) is 0 Å². The van der Waals surface area contributed by atoms with Crippen LogP contribution in [0.5, 0.6) is 0 Å². The predicted molar refractivity (Wildman–Crippen MR) is 78.2 cm³/mol. The maximum atomic E-state index is 12.1. The summed E-state index contributed by atoms with van der Waals surface area (Å²) in [5, 5.41) is 9.30. The number of nitrogens with zero attached hydrogens (tertiary/aromatic N) is 1. The van der Waals surface area contributed by atoms with Gasteiger partial charge in [0.25, 0.3) is 0 Å². The molecule has 2 rings (SSSR count). The van der Waals surface area contributed by atoms with Crippen LogP contribution in [0.2, 0.25) is 5.02 Å². The van der Waals surface area contributed by atoms with Crippen molar-refractivity contribution in [3.05, 3.63) is 34.9 Å². The highest BCUT2D eigenvalue weighted by atomic mass is 35.5. The van der Waals surface area contributed by atoms with E-state index < -0.39 is 5.97 Å². The maximum absolute atomic E-state index is 12.1. The highest BCUT2D eigenvalue weighted by Gasteiger charge is 2.30. The number of carbonyl (C=O) groups excluding carboxylic acids is 1. The van der Waals surface area contributed by atoms with Gasteiger partial charge in [0.15, 0.2) is 0 Å². The molecule has 1 saturated heterocycles. The zero-order valence-electron chi connectivity index (χ0n) is 11.8. The number of ether oxygens (including phenoxy) is 1. The molecule has 0 bridgehead atoms. The van der Waals surface area contributed by atoms with Crippen LogP contribution in [0.15, 0.2) is 24.3 Å². The number of hydrogen-bond acceptors (Lipinski definition) is 3. The lowest BCUT2D eigenvalue weighted by atomic mass is 10.1. The minimum Gasteiger partial charge on any atom is -0.481 e. The van der Waals surface area contributed by atoms with Gasteiger partial charge >= 0.3 is 5.97 Å². The molecule has 0 aromatic heterocycles. The maximum Gasteiger partial charge on any atom is 0.303 e. The van der Waals surface area contributed by atoms with E-state index in [1.807, 2.05) is 25.1 Å². The van der Waals surface area contributed by atoms with Crippen LogP contribution in [0.3, 0.4) is 0 Å². The normalized spacial score (nSPS) is 22.1. The van der Waals surface area contributed by atoms with Crippen LogP contribution in [0.1, 0.15) is 31.4 Å². The molecule has 2 unspecified atom stereocenters. The largest absolute Gasteiger partial charge is 0.481 e. The Balaban J connectivity index is 2.05. The standard InChI is InChI=1S/C15H18ClNO4/c1-10-9-21-13(11-3-2-4-12(16)7-11)8-17(10)14(18)5-6-15(19)20/h2-4,7,10,13H,5-6,8-9H2,1H3,(H,19,20). The Bertz CT molecular complexity index is 534.